The van der Waals surface area contributed by atoms with Gasteiger partial charge < -0.3 is 21.3 Å². The van der Waals surface area contributed by atoms with Crippen molar-refractivity contribution < 1.29 is 9.59 Å². The first-order valence-electron chi connectivity index (χ1n) is 9.14. The van der Waals surface area contributed by atoms with E-state index in [1.807, 2.05) is 42.3 Å². The van der Waals surface area contributed by atoms with Crippen molar-refractivity contribution in [3.8, 4) is 0 Å². The van der Waals surface area contributed by atoms with Crippen molar-refractivity contribution in [1.29, 1.82) is 0 Å². The molecule has 1 aliphatic heterocycles. The van der Waals surface area contributed by atoms with Gasteiger partial charge in [-0.15, -0.1) is 0 Å². The Morgan fingerprint density at radius 3 is 2.77 bits per heavy atom. The second kappa shape index (κ2) is 10.4. The molecule has 0 aliphatic carbocycles. The highest BCUT2D eigenvalue weighted by Gasteiger charge is 2.27. The fraction of sp³-hybridized carbons (Fsp3) is 0.579. The number of hydrogen-bond donors (Lipinski definition) is 3. The van der Waals surface area contributed by atoms with Crippen molar-refractivity contribution in [2.75, 3.05) is 37.0 Å². The number of carbonyl (C=O) groups is 2. The van der Waals surface area contributed by atoms with Gasteiger partial charge in [-0.3, -0.25) is 4.79 Å². The molecule has 1 heterocycles. The number of urea groups is 1. The molecular weight excluding hydrogens is 348 g/mol. The number of aryl methyl sites for hydroxylation is 1. The van der Waals surface area contributed by atoms with Gasteiger partial charge in [-0.05, 0) is 56.2 Å². The van der Waals surface area contributed by atoms with Crippen LogP contribution < -0.4 is 16.4 Å². The van der Waals surface area contributed by atoms with E-state index in [1.165, 1.54) is 0 Å². The Hall–Kier alpha value is -1.73. The Morgan fingerprint density at radius 2 is 2.08 bits per heavy atom. The van der Waals surface area contributed by atoms with Crippen LogP contribution in [0.2, 0.25) is 0 Å². The van der Waals surface area contributed by atoms with Gasteiger partial charge in [0.25, 0.3) is 0 Å². The van der Waals surface area contributed by atoms with Crippen LogP contribution in [0.25, 0.3) is 0 Å². The minimum atomic E-state index is -0.418. The third kappa shape index (κ3) is 6.53. The van der Waals surface area contributed by atoms with E-state index in [0.29, 0.717) is 19.5 Å². The number of hydrogen-bond acceptors (Lipinski definition) is 4. The third-order valence-electron chi connectivity index (χ3n) is 4.64. The summed E-state index contributed by atoms with van der Waals surface area (Å²) in [5, 5.41) is 5.75. The molecule has 0 spiro atoms. The highest BCUT2D eigenvalue weighted by Crippen LogP contribution is 2.17. The van der Waals surface area contributed by atoms with Gasteiger partial charge in [0, 0.05) is 25.3 Å². The Bertz CT molecular complexity index is 594. The highest BCUT2D eigenvalue weighted by atomic mass is 32.2. The molecule has 2 atom stereocenters. The molecule has 1 aliphatic rings. The number of amides is 3. The van der Waals surface area contributed by atoms with Crippen LogP contribution in [0.5, 0.6) is 0 Å². The molecule has 6 nitrogen and oxygen atoms in total. The van der Waals surface area contributed by atoms with Gasteiger partial charge in [0.05, 0.1) is 6.04 Å². The lowest BCUT2D eigenvalue weighted by molar-refractivity contribution is -0.134. The van der Waals surface area contributed by atoms with E-state index in [0.717, 1.165) is 36.4 Å². The third-order valence-corrected chi connectivity index (χ3v) is 5.29. The minimum absolute atomic E-state index is 0.0351. The summed E-state index contributed by atoms with van der Waals surface area (Å²) in [6.45, 7) is 3.99. The molecule has 0 saturated carbocycles. The average molecular weight is 379 g/mol. The number of nitrogens with two attached hydrogens (primary N) is 1. The molecule has 7 heteroatoms. The lowest BCUT2D eigenvalue weighted by Gasteiger charge is -2.34. The lowest BCUT2D eigenvalue weighted by Crippen LogP contribution is -2.50. The average Bonchev–Trinajstić information content (AvgIpc) is 2.66. The molecule has 0 aromatic heterocycles. The molecule has 144 valence electrons. The van der Waals surface area contributed by atoms with E-state index in [-0.39, 0.29) is 17.9 Å². The fourth-order valence-corrected chi connectivity index (χ4v) is 3.57. The Labute approximate surface area is 160 Å². The van der Waals surface area contributed by atoms with Crippen LogP contribution in [-0.2, 0) is 4.79 Å². The molecule has 1 aromatic rings. The van der Waals surface area contributed by atoms with Crippen molar-refractivity contribution in [3.05, 3.63) is 29.8 Å². The summed E-state index contributed by atoms with van der Waals surface area (Å²) in [6.07, 6.45) is 4.68. The summed E-state index contributed by atoms with van der Waals surface area (Å²) >= 11 is 1.70. The summed E-state index contributed by atoms with van der Waals surface area (Å²) in [6, 6.07) is 7.05. The van der Waals surface area contributed by atoms with Crippen molar-refractivity contribution in [3.63, 3.8) is 0 Å². The zero-order valence-electron chi connectivity index (χ0n) is 15.7. The Balaban J connectivity index is 1.76. The van der Waals surface area contributed by atoms with E-state index in [1.54, 1.807) is 11.8 Å². The molecule has 0 bridgehead atoms. The van der Waals surface area contributed by atoms with Crippen molar-refractivity contribution in [1.82, 2.24) is 10.2 Å². The van der Waals surface area contributed by atoms with Crippen LogP contribution >= 0.6 is 11.8 Å². The van der Waals surface area contributed by atoms with Crippen LogP contribution in [0, 0.1) is 12.8 Å². The first kappa shape index (κ1) is 20.6. The first-order chi connectivity index (χ1) is 12.5. The molecule has 2 rings (SSSR count). The van der Waals surface area contributed by atoms with Crippen molar-refractivity contribution in [2.45, 2.75) is 32.2 Å². The standard InChI is InChI=1S/C19H30N4O2S/c1-14-5-7-16(8-6-14)22-19(25)21-12-15-4-3-10-23(13-15)18(24)17(20)9-11-26-2/h5-8,15,17H,3-4,9-13,20H2,1-2H3,(H2,21,22,25)/t15?,17-/m0/s1. The summed E-state index contributed by atoms with van der Waals surface area (Å²) in [5.74, 6) is 1.20. The summed E-state index contributed by atoms with van der Waals surface area (Å²) < 4.78 is 0. The monoisotopic (exact) mass is 378 g/mol. The van der Waals surface area contributed by atoms with E-state index in [4.69, 9.17) is 5.73 Å². The zero-order valence-corrected chi connectivity index (χ0v) is 16.5. The molecular formula is C19H30N4O2S. The number of rotatable bonds is 7. The van der Waals surface area contributed by atoms with E-state index in [9.17, 15) is 9.59 Å². The number of benzene rings is 1. The van der Waals surface area contributed by atoms with Gasteiger partial charge in [0.1, 0.15) is 0 Å². The molecule has 1 aromatic carbocycles. The quantitative estimate of drug-likeness (QED) is 0.680. The Morgan fingerprint density at radius 1 is 1.35 bits per heavy atom. The molecule has 3 amide bonds. The number of nitrogens with zero attached hydrogens (tertiary/aromatic N) is 1. The van der Waals surface area contributed by atoms with Gasteiger partial charge >= 0.3 is 6.03 Å². The predicted molar refractivity (Wildman–Crippen MR) is 108 cm³/mol. The molecule has 0 radical (unpaired) electrons. The number of carbonyl (C=O) groups excluding carboxylic acids is 2. The van der Waals surface area contributed by atoms with Crippen LogP contribution in [0.15, 0.2) is 24.3 Å². The van der Waals surface area contributed by atoms with Crippen LogP contribution in [-0.4, -0.2) is 54.5 Å². The van der Waals surface area contributed by atoms with Gasteiger partial charge in [-0.1, -0.05) is 17.7 Å². The van der Waals surface area contributed by atoms with E-state index in [2.05, 4.69) is 10.6 Å². The zero-order chi connectivity index (χ0) is 18.9. The fourth-order valence-electron chi connectivity index (χ4n) is 3.08. The predicted octanol–water partition coefficient (Wildman–Crippen LogP) is 2.44. The number of piperidine rings is 1. The molecule has 1 unspecified atom stereocenters. The maximum Gasteiger partial charge on any atom is 0.319 e. The van der Waals surface area contributed by atoms with Crippen LogP contribution in [0.1, 0.15) is 24.8 Å². The van der Waals surface area contributed by atoms with Crippen LogP contribution in [0.3, 0.4) is 0 Å². The van der Waals surface area contributed by atoms with Gasteiger partial charge in [-0.25, -0.2) is 4.79 Å². The Kier molecular flexibility index (Phi) is 8.25. The molecule has 26 heavy (non-hydrogen) atoms. The molecule has 4 N–H and O–H groups in total. The number of anilines is 1. The second-order valence-electron chi connectivity index (χ2n) is 6.88. The van der Waals surface area contributed by atoms with E-state index >= 15 is 0 Å². The second-order valence-corrected chi connectivity index (χ2v) is 7.87. The molecule has 1 fully saturated rings. The first-order valence-corrected chi connectivity index (χ1v) is 10.5. The van der Waals surface area contributed by atoms with Crippen molar-refractivity contribution in [2.24, 2.45) is 11.7 Å². The van der Waals surface area contributed by atoms with Gasteiger partial charge in [0.2, 0.25) is 5.91 Å². The summed E-state index contributed by atoms with van der Waals surface area (Å²) in [7, 11) is 0. The number of thioether (sulfide) groups is 1. The summed E-state index contributed by atoms with van der Waals surface area (Å²) in [4.78, 5) is 26.4. The highest BCUT2D eigenvalue weighted by molar-refractivity contribution is 7.98. The number of likely N-dealkylation sites (tertiary alicyclic amines) is 1. The van der Waals surface area contributed by atoms with Crippen LogP contribution in [0.4, 0.5) is 10.5 Å². The lowest BCUT2D eigenvalue weighted by atomic mass is 9.97. The van der Waals surface area contributed by atoms with Gasteiger partial charge in [0.15, 0.2) is 0 Å². The summed E-state index contributed by atoms with van der Waals surface area (Å²) in [5.41, 5.74) is 7.94. The SMILES string of the molecule is CSCC[C@H](N)C(=O)N1CCCC(CNC(=O)Nc2ccc(C)cc2)C1. The maximum absolute atomic E-state index is 12.4. The number of nitrogens with one attached hydrogen (secondary N) is 2. The topological polar surface area (TPSA) is 87.5 Å². The van der Waals surface area contributed by atoms with Crippen molar-refractivity contribution >= 4 is 29.4 Å². The largest absolute Gasteiger partial charge is 0.341 e. The minimum Gasteiger partial charge on any atom is -0.341 e. The molecule has 1 saturated heterocycles. The van der Waals surface area contributed by atoms with Gasteiger partial charge in [-0.2, -0.15) is 11.8 Å². The maximum atomic E-state index is 12.4. The van der Waals surface area contributed by atoms with E-state index < -0.39 is 6.04 Å². The normalized spacial score (nSPS) is 18.3. The smallest absolute Gasteiger partial charge is 0.319 e.